The fourth-order valence-electron chi connectivity index (χ4n) is 3.29. The van der Waals surface area contributed by atoms with E-state index in [0.29, 0.717) is 16.9 Å². The molecule has 0 bridgehead atoms. The number of hydrogen-bond donors (Lipinski definition) is 1. The second-order valence-corrected chi connectivity index (χ2v) is 7.73. The first-order valence-electron chi connectivity index (χ1n) is 10.2. The molecule has 0 unspecified atom stereocenters. The van der Waals surface area contributed by atoms with Gasteiger partial charge in [-0.15, -0.1) is 0 Å². The lowest BCUT2D eigenvalue weighted by atomic mass is 10.0. The second kappa shape index (κ2) is 9.66. The Morgan fingerprint density at radius 3 is 2.16 bits per heavy atom. The average Bonchev–Trinajstić information content (AvgIpc) is 2.98. The third-order valence-electron chi connectivity index (χ3n) is 4.97. The number of ether oxygens (including phenoxy) is 2. The number of amides is 2. The summed E-state index contributed by atoms with van der Waals surface area (Å²) >= 11 is 0. The van der Waals surface area contributed by atoms with Crippen molar-refractivity contribution in [2.75, 3.05) is 44.6 Å². The van der Waals surface area contributed by atoms with Crippen LogP contribution in [0, 0.1) is 0 Å². The van der Waals surface area contributed by atoms with Gasteiger partial charge in [0.15, 0.2) is 0 Å². The summed E-state index contributed by atoms with van der Waals surface area (Å²) in [6.45, 7) is 4.31. The van der Waals surface area contributed by atoms with Crippen LogP contribution in [0.2, 0.25) is 0 Å². The molecule has 0 spiro atoms. The summed E-state index contributed by atoms with van der Waals surface area (Å²) in [4.78, 5) is 29.6. The van der Waals surface area contributed by atoms with Crippen LogP contribution in [0.4, 0.5) is 11.4 Å². The lowest BCUT2D eigenvalue weighted by Crippen LogP contribution is -2.35. The van der Waals surface area contributed by atoms with Gasteiger partial charge < -0.3 is 19.7 Å². The molecule has 0 atom stereocenters. The second-order valence-electron chi connectivity index (χ2n) is 7.73. The maximum absolute atomic E-state index is 13.2. The number of methoxy groups -OCH3 is 1. The number of anilines is 2. The Labute approximate surface area is 183 Å². The van der Waals surface area contributed by atoms with Crippen LogP contribution in [0.15, 0.2) is 54.2 Å². The molecule has 7 nitrogen and oxygen atoms in total. The third kappa shape index (κ3) is 5.06. The monoisotopic (exact) mass is 423 g/mol. The first-order valence-corrected chi connectivity index (χ1v) is 10.2. The van der Waals surface area contributed by atoms with Gasteiger partial charge in [0.05, 0.1) is 31.9 Å². The molecule has 2 amide bonds. The van der Waals surface area contributed by atoms with Crippen molar-refractivity contribution in [3.05, 3.63) is 59.8 Å². The van der Waals surface area contributed by atoms with Crippen molar-refractivity contribution in [1.82, 2.24) is 4.90 Å². The topological polar surface area (TPSA) is 71.1 Å². The molecule has 0 radical (unpaired) electrons. The summed E-state index contributed by atoms with van der Waals surface area (Å²) in [6, 6.07) is 14.8. The lowest BCUT2D eigenvalue weighted by Gasteiger charge is -2.17. The zero-order valence-electron chi connectivity index (χ0n) is 18.6. The van der Waals surface area contributed by atoms with Crippen LogP contribution in [-0.2, 0) is 14.3 Å². The summed E-state index contributed by atoms with van der Waals surface area (Å²) in [7, 11) is 5.51. The number of imide groups is 1. The molecule has 31 heavy (non-hydrogen) atoms. The van der Waals surface area contributed by atoms with Crippen molar-refractivity contribution in [2.45, 2.75) is 20.0 Å². The molecule has 164 valence electrons. The highest BCUT2D eigenvalue weighted by molar-refractivity contribution is 6.36. The summed E-state index contributed by atoms with van der Waals surface area (Å²) in [6.07, 6.45) is 0.0228. The average molecular weight is 424 g/mol. The summed E-state index contributed by atoms with van der Waals surface area (Å²) in [5.41, 5.74) is 3.02. The molecule has 0 aromatic heterocycles. The van der Waals surface area contributed by atoms with Crippen molar-refractivity contribution in [2.24, 2.45) is 0 Å². The standard InChI is InChI=1S/C24H29N3O4/c1-16(2)31-15-14-27-23(28)21(17-6-12-20(30-5)13-7-17)22(24(27)29)25-18-8-10-19(11-9-18)26(3)4/h6-13,16,25H,14-15H2,1-5H3. The van der Waals surface area contributed by atoms with E-state index >= 15 is 0 Å². The van der Waals surface area contributed by atoms with Gasteiger partial charge in [0, 0.05) is 25.5 Å². The van der Waals surface area contributed by atoms with Gasteiger partial charge in [-0.1, -0.05) is 12.1 Å². The predicted molar refractivity (Wildman–Crippen MR) is 122 cm³/mol. The van der Waals surface area contributed by atoms with Crippen molar-refractivity contribution in [1.29, 1.82) is 0 Å². The third-order valence-corrected chi connectivity index (χ3v) is 4.97. The maximum Gasteiger partial charge on any atom is 0.278 e. The van der Waals surface area contributed by atoms with E-state index in [4.69, 9.17) is 9.47 Å². The number of rotatable bonds is 9. The zero-order chi connectivity index (χ0) is 22.5. The molecule has 0 saturated carbocycles. The molecule has 3 rings (SSSR count). The Hall–Kier alpha value is -3.32. The van der Waals surface area contributed by atoms with Gasteiger partial charge in [-0.25, -0.2) is 0 Å². The van der Waals surface area contributed by atoms with Gasteiger partial charge in [0.1, 0.15) is 11.4 Å². The van der Waals surface area contributed by atoms with Gasteiger partial charge in [0.2, 0.25) is 0 Å². The van der Waals surface area contributed by atoms with Gasteiger partial charge in [-0.2, -0.15) is 0 Å². The molecular formula is C24H29N3O4. The highest BCUT2D eigenvalue weighted by Crippen LogP contribution is 2.31. The molecule has 1 N–H and O–H groups in total. The highest BCUT2D eigenvalue weighted by atomic mass is 16.5. The first-order chi connectivity index (χ1) is 14.8. The molecule has 2 aromatic carbocycles. The number of carbonyl (C=O) groups is 2. The molecule has 1 heterocycles. The van der Waals surface area contributed by atoms with Crippen molar-refractivity contribution in [3.8, 4) is 5.75 Å². The van der Waals surface area contributed by atoms with Crippen molar-refractivity contribution < 1.29 is 19.1 Å². The Kier molecular flexibility index (Phi) is 6.97. The number of benzene rings is 2. The van der Waals surface area contributed by atoms with E-state index in [0.717, 1.165) is 11.4 Å². The summed E-state index contributed by atoms with van der Waals surface area (Å²) in [5.74, 6) is -0.0214. The van der Waals surface area contributed by atoms with Crippen LogP contribution in [-0.4, -0.2) is 57.2 Å². The van der Waals surface area contributed by atoms with Crippen molar-refractivity contribution >= 4 is 28.8 Å². The minimum atomic E-state index is -0.361. The fourth-order valence-corrected chi connectivity index (χ4v) is 3.29. The molecule has 7 heteroatoms. The van der Waals surface area contributed by atoms with Crippen LogP contribution in [0.1, 0.15) is 19.4 Å². The normalized spacial score (nSPS) is 13.9. The molecule has 0 aliphatic carbocycles. The molecule has 0 fully saturated rings. The van der Waals surface area contributed by atoms with E-state index in [1.165, 1.54) is 4.90 Å². The predicted octanol–water partition coefficient (Wildman–Crippen LogP) is 3.38. The SMILES string of the molecule is COc1ccc(C2=C(Nc3ccc(N(C)C)cc3)C(=O)N(CCOC(C)C)C2=O)cc1. The van der Waals surface area contributed by atoms with Crippen LogP contribution in [0.5, 0.6) is 5.75 Å². The van der Waals surface area contributed by atoms with Crippen LogP contribution >= 0.6 is 0 Å². The smallest absolute Gasteiger partial charge is 0.278 e. The Morgan fingerprint density at radius 1 is 0.968 bits per heavy atom. The van der Waals surface area contributed by atoms with E-state index in [1.807, 2.05) is 57.1 Å². The Morgan fingerprint density at radius 2 is 1.61 bits per heavy atom. The first kappa shape index (κ1) is 22.4. The van der Waals surface area contributed by atoms with E-state index in [2.05, 4.69) is 5.32 Å². The van der Waals surface area contributed by atoms with Crippen LogP contribution in [0.3, 0.4) is 0 Å². The molecule has 1 aliphatic heterocycles. The number of nitrogens with one attached hydrogen (secondary N) is 1. The Bertz CT molecular complexity index is 963. The van der Waals surface area contributed by atoms with E-state index < -0.39 is 0 Å². The fraction of sp³-hybridized carbons (Fsp3) is 0.333. The van der Waals surface area contributed by atoms with Crippen molar-refractivity contribution in [3.63, 3.8) is 0 Å². The van der Waals surface area contributed by atoms with E-state index in [9.17, 15) is 9.59 Å². The Balaban J connectivity index is 1.94. The molecule has 1 aliphatic rings. The van der Waals surface area contributed by atoms with E-state index in [-0.39, 0.29) is 36.8 Å². The van der Waals surface area contributed by atoms with Crippen LogP contribution < -0.4 is 15.0 Å². The summed E-state index contributed by atoms with van der Waals surface area (Å²) < 4.78 is 10.8. The maximum atomic E-state index is 13.2. The largest absolute Gasteiger partial charge is 0.497 e. The van der Waals surface area contributed by atoms with E-state index in [1.54, 1.807) is 31.4 Å². The van der Waals surface area contributed by atoms with Gasteiger partial charge in [-0.3, -0.25) is 14.5 Å². The highest BCUT2D eigenvalue weighted by Gasteiger charge is 2.39. The van der Waals surface area contributed by atoms with Gasteiger partial charge >= 0.3 is 0 Å². The number of hydrogen-bond acceptors (Lipinski definition) is 6. The lowest BCUT2D eigenvalue weighted by molar-refractivity contribution is -0.137. The molecule has 2 aromatic rings. The quantitative estimate of drug-likeness (QED) is 0.624. The number of carbonyl (C=O) groups excluding carboxylic acids is 2. The van der Waals surface area contributed by atoms with Gasteiger partial charge in [0.25, 0.3) is 11.8 Å². The zero-order valence-corrected chi connectivity index (χ0v) is 18.6. The molecule has 0 saturated heterocycles. The minimum absolute atomic E-state index is 0.0228. The van der Waals surface area contributed by atoms with Crippen LogP contribution in [0.25, 0.3) is 5.57 Å². The molecular weight excluding hydrogens is 394 g/mol. The van der Waals surface area contributed by atoms with Gasteiger partial charge in [-0.05, 0) is 55.8 Å². The number of nitrogens with zero attached hydrogens (tertiary/aromatic N) is 2. The minimum Gasteiger partial charge on any atom is -0.497 e. The summed E-state index contributed by atoms with van der Waals surface area (Å²) in [5, 5.41) is 3.17.